The van der Waals surface area contributed by atoms with Crippen molar-refractivity contribution in [3.05, 3.63) is 82.9 Å². The van der Waals surface area contributed by atoms with Crippen LogP contribution in [0.1, 0.15) is 39.4 Å². The van der Waals surface area contributed by atoms with E-state index in [-0.39, 0.29) is 35.0 Å². The first kappa shape index (κ1) is 18.6. The third kappa shape index (κ3) is 3.29. The maximum absolute atomic E-state index is 12.9. The SMILES string of the molecule is COc1ccc(C2CC(=O)Oc3ccc(C(=O)c4ccccc4)c(O)c32)cc1O. The highest BCUT2D eigenvalue weighted by Crippen LogP contribution is 2.46. The number of esters is 1. The summed E-state index contributed by atoms with van der Waals surface area (Å²) in [5, 5.41) is 21.1. The van der Waals surface area contributed by atoms with Gasteiger partial charge in [-0.25, -0.2) is 0 Å². The Balaban J connectivity index is 1.83. The lowest BCUT2D eigenvalue weighted by molar-refractivity contribution is -0.135. The first-order chi connectivity index (χ1) is 14.0. The fourth-order valence-corrected chi connectivity index (χ4v) is 3.58. The molecule has 29 heavy (non-hydrogen) atoms. The highest BCUT2D eigenvalue weighted by atomic mass is 16.5. The number of ether oxygens (including phenoxy) is 2. The number of hydrogen-bond donors (Lipinski definition) is 2. The Kier molecular flexibility index (Phi) is 4.68. The van der Waals surface area contributed by atoms with Gasteiger partial charge in [0.1, 0.15) is 11.5 Å². The van der Waals surface area contributed by atoms with E-state index in [1.807, 2.05) is 0 Å². The highest BCUT2D eigenvalue weighted by molar-refractivity contribution is 6.11. The summed E-state index contributed by atoms with van der Waals surface area (Å²) in [7, 11) is 1.44. The number of methoxy groups -OCH3 is 1. The summed E-state index contributed by atoms with van der Waals surface area (Å²) < 4.78 is 10.3. The van der Waals surface area contributed by atoms with Crippen molar-refractivity contribution in [3.8, 4) is 23.0 Å². The van der Waals surface area contributed by atoms with Gasteiger partial charge in [-0.05, 0) is 29.8 Å². The second-order valence-electron chi connectivity index (χ2n) is 6.73. The van der Waals surface area contributed by atoms with E-state index in [0.29, 0.717) is 22.4 Å². The van der Waals surface area contributed by atoms with E-state index in [2.05, 4.69) is 0 Å². The molecule has 6 heteroatoms. The van der Waals surface area contributed by atoms with Crippen molar-refractivity contribution >= 4 is 11.8 Å². The summed E-state index contributed by atoms with van der Waals surface area (Å²) in [4.78, 5) is 25.0. The minimum Gasteiger partial charge on any atom is -0.507 e. The van der Waals surface area contributed by atoms with E-state index in [1.165, 1.54) is 25.3 Å². The lowest BCUT2D eigenvalue weighted by atomic mass is 9.84. The van der Waals surface area contributed by atoms with Gasteiger partial charge in [0, 0.05) is 17.0 Å². The van der Waals surface area contributed by atoms with Gasteiger partial charge in [0.05, 0.1) is 19.1 Å². The van der Waals surface area contributed by atoms with Crippen molar-refractivity contribution in [2.75, 3.05) is 7.11 Å². The molecule has 0 saturated carbocycles. The molecule has 4 rings (SSSR count). The van der Waals surface area contributed by atoms with Gasteiger partial charge in [-0.15, -0.1) is 0 Å². The average Bonchev–Trinajstić information content (AvgIpc) is 2.73. The molecular weight excluding hydrogens is 372 g/mol. The summed E-state index contributed by atoms with van der Waals surface area (Å²) in [6, 6.07) is 16.4. The zero-order valence-corrected chi connectivity index (χ0v) is 15.6. The fourth-order valence-electron chi connectivity index (χ4n) is 3.58. The quantitative estimate of drug-likeness (QED) is 0.400. The molecule has 2 N–H and O–H groups in total. The largest absolute Gasteiger partial charge is 0.507 e. The van der Waals surface area contributed by atoms with Gasteiger partial charge in [-0.2, -0.15) is 0 Å². The van der Waals surface area contributed by atoms with Gasteiger partial charge in [0.15, 0.2) is 17.3 Å². The van der Waals surface area contributed by atoms with Crippen molar-refractivity contribution < 1.29 is 29.3 Å². The standard InChI is InChI=1S/C23H18O6/c1-28-18-9-7-14(11-17(18)24)16-12-20(25)29-19-10-8-15(23(27)21(16)19)22(26)13-5-3-2-4-6-13/h2-11,16,24,27H,12H2,1H3. The minimum atomic E-state index is -0.577. The number of phenolic OH excluding ortho intramolecular Hbond substituents is 2. The van der Waals surface area contributed by atoms with E-state index in [0.717, 1.165) is 0 Å². The van der Waals surface area contributed by atoms with Crippen molar-refractivity contribution in [1.29, 1.82) is 0 Å². The molecular formula is C23H18O6. The van der Waals surface area contributed by atoms with Gasteiger partial charge < -0.3 is 19.7 Å². The molecule has 0 spiro atoms. The van der Waals surface area contributed by atoms with Crippen LogP contribution in [0.25, 0.3) is 0 Å². The van der Waals surface area contributed by atoms with Crippen LogP contribution in [0, 0.1) is 0 Å². The molecule has 0 aliphatic carbocycles. The Bertz CT molecular complexity index is 1100. The first-order valence-electron chi connectivity index (χ1n) is 9.02. The predicted octanol–water partition coefficient (Wildman–Crippen LogP) is 3.78. The van der Waals surface area contributed by atoms with Crippen molar-refractivity contribution in [1.82, 2.24) is 0 Å². The second kappa shape index (κ2) is 7.31. The summed E-state index contributed by atoms with van der Waals surface area (Å²) in [5.41, 5.74) is 1.50. The van der Waals surface area contributed by atoms with Crippen LogP contribution in [-0.4, -0.2) is 29.1 Å². The van der Waals surface area contributed by atoms with E-state index in [4.69, 9.17) is 9.47 Å². The summed E-state index contributed by atoms with van der Waals surface area (Å²) in [5.74, 6) is -1.19. The number of benzene rings is 3. The summed E-state index contributed by atoms with van der Waals surface area (Å²) >= 11 is 0. The molecule has 0 amide bonds. The van der Waals surface area contributed by atoms with Crippen LogP contribution >= 0.6 is 0 Å². The van der Waals surface area contributed by atoms with Gasteiger partial charge in [0.2, 0.25) is 0 Å². The molecule has 1 aliphatic rings. The summed E-state index contributed by atoms with van der Waals surface area (Å²) in [6.45, 7) is 0. The maximum atomic E-state index is 12.9. The van der Waals surface area contributed by atoms with Gasteiger partial charge in [-0.1, -0.05) is 36.4 Å². The Morgan fingerprint density at radius 1 is 1.07 bits per heavy atom. The van der Waals surface area contributed by atoms with E-state index < -0.39 is 11.9 Å². The molecule has 1 unspecified atom stereocenters. The first-order valence-corrected chi connectivity index (χ1v) is 9.02. The van der Waals surface area contributed by atoms with Crippen LogP contribution in [0.5, 0.6) is 23.0 Å². The monoisotopic (exact) mass is 390 g/mol. The average molecular weight is 390 g/mol. The Hall–Kier alpha value is -3.80. The van der Waals surface area contributed by atoms with Gasteiger partial charge in [0.25, 0.3) is 0 Å². The Morgan fingerprint density at radius 2 is 1.83 bits per heavy atom. The van der Waals surface area contributed by atoms with Crippen LogP contribution in [0.4, 0.5) is 0 Å². The van der Waals surface area contributed by atoms with Crippen molar-refractivity contribution in [3.63, 3.8) is 0 Å². The van der Waals surface area contributed by atoms with E-state index in [9.17, 15) is 19.8 Å². The van der Waals surface area contributed by atoms with Crippen LogP contribution in [0.15, 0.2) is 60.7 Å². The zero-order valence-electron chi connectivity index (χ0n) is 15.6. The molecule has 1 heterocycles. The molecule has 0 aromatic heterocycles. The second-order valence-corrected chi connectivity index (χ2v) is 6.73. The number of phenols is 2. The van der Waals surface area contributed by atoms with Gasteiger partial charge >= 0.3 is 5.97 Å². The highest BCUT2D eigenvalue weighted by Gasteiger charge is 2.33. The Morgan fingerprint density at radius 3 is 2.52 bits per heavy atom. The number of rotatable bonds is 4. The topological polar surface area (TPSA) is 93.1 Å². The molecule has 1 aliphatic heterocycles. The van der Waals surface area contributed by atoms with Crippen LogP contribution < -0.4 is 9.47 Å². The van der Waals surface area contributed by atoms with Gasteiger partial charge in [-0.3, -0.25) is 9.59 Å². The van der Waals surface area contributed by atoms with Crippen molar-refractivity contribution in [2.24, 2.45) is 0 Å². The van der Waals surface area contributed by atoms with Crippen molar-refractivity contribution in [2.45, 2.75) is 12.3 Å². The lowest BCUT2D eigenvalue weighted by Crippen LogP contribution is -2.22. The molecule has 0 bridgehead atoms. The van der Waals surface area contributed by atoms with E-state index >= 15 is 0 Å². The smallest absolute Gasteiger partial charge is 0.312 e. The Labute approximate surface area is 167 Å². The molecule has 1 atom stereocenters. The molecule has 146 valence electrons. The number of aromatic hydroxyl groups is 2. The normalized spacial score (nSPS) is 15.3. The number of ketones is 1. The van der Waals surface area contributed by atoms with Crippen LogP contribution in [0.2, 0.25) is 0 Å². The number of hydrogen-bond acceptors (Lipinski definition) is 6. The molecule has 3 aromatic rings. The number of fused-ring (bicyclic) bond motifs is 1. The van der Waals surface area contributed by atoms with Crippen LogP contribution in [0.3, 0.4) is 0 Å². The molecule has 6 nitrogen and oxygen atoms in total. The summed E-state index contributed by atoms with van der Waals surface area (Å²) in [6.07, 6.45) is -0.0324. The predicted molar refractivity (Wildman–Crippen MR) is 105 cm³/mol. The third-order valence-corrected chi connectivity index (χ3v) is 5.01. The molecule has 3 aromatic carbocycles. The van der Waals surface area contributed by atoms with Crippen LogP contribution in [-0.2, 0) is 4.79 Å². The van der Waals surface area contributed by atoms with E-state index in [1.54, 1.807) is 42.5 Å². The molecule has 0 radical (unpaired) electrons. The fraction of sp³-hybridized carbons (Fsp3) is 0.130. The zero-order chi connectivity index (χ0) is 20.5. The number of carbonyl (C=O) groups is 2. The number of carbonyl (C=O) groups excluding carboxylic acids is 2. The minimum absolute atomic E-state index is 0.0324. The third-order valence-electron chi connectivity index (χ3n) is 5.01. The maximum Gasteiger partial charge on any atom is 0.312 e. The lowest BCUT2D eigenvalue weighted by Gasteiger charge is -2.26. The molecule has 0 fully saturated rings. The molecule has 0 saturated heterocycles.